The molecule has 0 aliphatic carbocycles. The number of methoxy groups -OCH3 is 1. The highest BCUT2D eigenvalue weighted by Gasteiger charge is 2.08. The first-order valence-electron chi connectivity index (χ1n) is 7.58. The average molecular weight is 413 g/mol. The molecule has 1 N–H and O–H groups in total. The lowest BCUT2D eigenvalue weighted by atomic mass is 10.1. The summed E-state index contributed by atoms with van der Waals surface area (Å²) in [5.74, 6) is 0.931. The molecule has 0 aromatic heterocycles. The Balaban J connectivity index is 1.92. The Kier molecular flexibility index (Phi) is 6.94. The molecule has 2 aromatic rings. The van der Waals surface area contributed by atoms with Gasteiger partial charge in [-0.25, -0.2) is 0 Å². The SMILES string of the molecule is CCCc1ccc(OCC(=O)Nc2ccc(OC)c(Cl)c2)c(Br)c1. The van der Waals surface area contributed by atoms with Gasteiger partial charge < -0.3 is 14.8 Å². The number of hydrogen-bond acceptors (Lipinski definition) is 3. The van der Waals surface area contributed by atoms with Gasteiger partial charge in [0.2, 0.25) is 0 Å². The molecular weight excluding hydrogens is 394 g/mol. The second-order valence-corrected chi connectivity index (χ2v) is 6.46. The van der Waals surface area contributed by atoms with Crippen LogP contribution >= 0.6 is 27.5 Å². The van der Waals surface area contributed by atoms with Crippen LogP contribution in [0, 0.1) is 0 Å². The maximum atomic E-state index is 12.0. The molecule has 0 aliphatic rings. The van der Waals surface area contributed by atoms with Crippen molar-refractivity contribution in [2.24, 2.45) is 0 Å². The van der Waals surface area contributed by atoms with Crippen LogP contribution in [0.3, 0.4) is 0 Å². The first-order valence-corrected chi connectivity index (χ1v) is 8.75. The minimum Gasteiger partial charge on any atom is -0.495 e. The third-order valence-electron chi connectivity index (χ3n) is 3.33. The van der Waals surface area contributed by atoms with Crippen LogP contribution in [0.5, 0.6) is 11.5 Å². The summed E-state index contributed by atoms with van der Waals surface area (Å²) >= 11 is 9.50. The summed E-state index contributed by atoms with van der Waals surface area (Å²) < 4.78 is 11.5. The lowest BCUT2D eigenvalue weighted by Crippen LogP contribution is -2.20. The number of carbonyl (C=O) groups excluding carboxylic acids is 1. The number of nitrogens with one attached hydrogen (secondary N) is 1. The molecule has 2 rings (SSSR count). The summed E-state index contributed by atoms with van der Waals surface area (Å²) in [4.78, 5) is 12.0. The fourth-order valence-corrected chi connectivity index (χ4v) is 2.99. The summed E-state index contributed by atoms with van der Waals surface area (Å²) in [5, 5.41) is 3.17. The molecule has 0 unspecified atom stereocenters. The Morgan fingerprint density at radius 3 is 2.58 bits per heavy atom. The molecule has 0 fully saturated rings. The van der Waals surface area contributed by atoms with Gasteiger partial charge in [-0.2, -0.15) is 0 Å². The lowest BCUT2D eigenvalue weighted by Gasteiger charge is -2.11. The first kappa shape index (κ1) is 18.6. The third-order valence-corrected chi connectivity index (χ3v) is 4.24. The average Bonchev–Trinajstić information content (AvgIpc) is 2.54. The molecule has 0 radical (unpaired) electrons. The summed E-state index contributed by atoms with van der Waals surface area (Å²) in [7, 11) is 1.54. The van der Waals surface area contributed by atoms with Gasteiger partial charge in [-0.05, 0) is 58.2 Å². The third kappa shape index (κ3) is 5.14. The molecule has 24 heavy (non-hydrogen) atoms. The minimum absolute atomic E-state index is 0.0879. The van der Waals surface area contributed by atoms with Crippen molar-refractivity contribution in [1.29, 1.82) is 0 Å². The van der Waals surface area contributed by atoms with Crippen molar-refractivity contribution < 1.29 is 14.3 Å². The monoisotopic (exact) mass is 411 g/mol. The van der Waals surface area contributed by atoms with E-state index in [0.29, 0.717) is 22.2 Å². The van der Waals surface area contributed by atoms with E-state index in [-0.39, 0.29) is 12.5 Å². The number of rotatable bonds is 7. The molecule has 0 atom stereocenters. The number of hydrogen-bond donors (Lipinski definition) is 1. The van der Waals surface area contributed by atoms with Crippen molar-refractivity contribution in [2.75, 3.05) is 19.0 Å². The van der Waals surface area contributed by atoms with E-state index in [4.69, 9.17) is 21.1 Å². The van der Waals surface area contributed by atoms with Gasteiger partial charge in [0.05, 0.1) is 16.6 Å². The minimum atomic E-state index is -0.263. The van der Waals surface area contributed by atoms with Gasteiger partial charge in [0.1, 0.15) is 11.5 Å². The molecule has 0 heterocycles. The predicted octanol–water partition coefficient (Wildman–Crippen LogP) is 5.08. The molecule has 0 saturated carbocycles. The highest BCUT2D eigenvalue weighted by Crippen LogP contribution is 2.28. The molecule has 1 amide bonds. The van der Waals surface area contributed by atoms with Crippen LogP contribution in [-0.4, -0.2) is 19.6 Å². The Hall–Kier alpha value is -1.72. The number of benzene rings is 2. The first-order chi connectivity index (χ1) is 11.5. The largest absolute Gasteiger partial charge is 0.495 e. The number of carbonyl (C=O) groups is 1. The summed E-state index contributed by atoms with van der Waals surface area (Å²) in [6.07, 6.45) is 2.09. The number of halogens is 2. The molecule has 4 nitrogen and oxygen atoms in total. The highest BCUT2D eigenvalue weighted by atomic mass is 79.9. The van der Waals surface area contributed by atoms with Crippen LogP contribution in [0.2, 0.25) is 5.02 Å². The Labute approximate surface area is 155 Å². The van der Waals surface area contributed by atoms with Gasteiger partial charge in [0, 0.05) is 5.69 Å². The Morgan fingerprint density at radius 1 is 1.21 bits per heavy atom. The summed E-state index contributed by atoms with van der Waals surface area (Å²) in [6.45, 7) is 2.05. The van der Waals surface area contributed by atoms with Crippen molar-refractivity contribution in [1.82, 2.24) is 0 Å². The standard InChI is InChI=1S/C18H19BrClNO3/c1-3-4-12-5-7-16(14(19)9-12)24-11-18(22)21-13-6-8-17(23-2)15(20)10-13/h5-10H,3-4,11H2,1-2H3,(H,21,22). The van der Waals surface area contributed by atoms with Crippen LogP contribution in [0.1, 0.15) is 18.9 Å². The van der Waals surface area contributed by atoms with Crippen molar-refractivity contribution in [2.45, 2.75) is 19.8 Å². The van der Waals surface area contributed by atoms with Gasteiger partial charge in [-0.1, -0.05) is 31.0 Å². The Morgan fingerprint density at radius 2 is 1.96 bits per heavy atom. The number of anilines is 1. The van der Waals surface area contributed by atoms with Gasteiger partial charge in [0.15, 0.2) is 6.61 Å². The van der Waals surface area contributed by atoms with Gasteiger partial charge >= 0.3 is 0 Å². The molecule has 2 aromatic carbocycles. The number of amides is 1. The van der Waals surface area contributed by atoms with Crippen molar-refractivity contribution in [3.63, 3.8) is 0 Å². The van der Waals surface area contributed by atoms with Crippen molar-refractivity contribution >= 4 is 39.1 Å². The molecule has 128 valence electrons. The van der Waals surface area contributed by atoms with E-state index in [1.54, 1.807) is 18.2 Å². The molecule has 0 saturated heterocycles. The van der Waals surface area contributed by atoms with E-state index >= 15 is 0 Å². The fourth-order valence-electron chi connectivity index (χ4n) is 2.19. The van der Waals surface area contributed by atoms with Crippen molar-refractivity contribution in [3.8, 4) is 11.5 Å². The quantitative estimate of drug-likeness (QED) is 0.690. The van der Waals surface area contributed by atoms with E-state index in [2.05, 4.69) is 28.2 Å². The zero-order chi connectivity index (χ0) is 17.5. The zero-order valence-electron chi connectivity index (χ0n) is 13.6. The topological polar surface area (TPSA) is 47.6 Å². The summed E-state index contributed by atoms with van der Waals surface area (Å²) in [5.41, 5.74) is 1.82. The normalized spacial score (nSPS) is 10.3. The smallest absolute Gasteiger partial charge is 0.262 e. The van der Waals surface area contributed by atoms with Crippen molar-refractivity contribution in [3.05, 3.63) is 51.5 Å². The molecule has 6 heteroatoms. The zero-order valence-corrected chi connectivity index (χ0v) is 15.9. The van der Waals surface area contributed by atoms with Crippen LogP contribution in [0.25, 0.3) is 0 Å². The van der Waals surface area contributed by atoms with E-state index in [1.165, 1.54) is 12.7 Å². The molecule has 0 aliphatic heterocycles. The second kappa shape index (κ2) is 8.94. The number of aryl methyl sites for hydroxylation is 1. The van der Waals surface area contributed by atoms with Gasteiger partial charge in [0.25, 0.3) is 5.91 Å². The van der Waals surface area contributed by atoms with Crippen LogP contribution in [-0.2, 0) is 11.2 Å². The van der Waals surface area contributed by atoms with Gasteiger partial charge in [-0.15, -0.1) is 0 Å². The number of ether oxygens (including phenoxy) is 2. The van der Waals surface area contributed by atoms with E-state index in [0.717, 1.165) is 17.3 Å². The molecule has 0 bridgehead atoms. The maximum absolute atomic E-state index is 12.0. The lowest BCUT2D eigenvalue weighted by molar-refractivity contribution is -0.118. The van der Waals surface area contributed by atoms with Gasteiger partial charge in [-0.3, -0.25) is 4.79 Å². The van der Waals surface area contributed by atoms with Crippen LogP contribution < -0.4 is 14.8 Å². The maximum Gasteiger partial charge on any atom is 0.262 e. The Bertz CT molecular complexity index is 721. The fraction of sp³-hybridized carbons (Fsp3) is 0.278. The van der Waals surface area contributed by atoms with E-state index < -0.39 is 0 Å². The molecule has 0 spiro atoms. The highest BCUT2D eigenvalue weighted by molar-refractivity contribution is 9.10. The summed E-state index contributed by atoms with van der Waals surface area (Å²) in [6, 6.07) is 10.9. The second-order valence-electron chi connectivity index (χ2n) is 5.20. The van der Waals surface area contributed by atoms with Crippen LogP contribution in [0.15, 0.2) is 40.9 Å². The predicted molar refractivity (Wildman–Crippen MR) is 100 cm³/mol. The van der Waals surface area contributed by atoms with E-state index in [9.17, 15) is 4.79 Å². The molecular formula is C18H19BrClNO3. The van der Waals surface area contributed by atoms with E-state index in [1.807, 2.05) is 18.2 Å². The van der Waals surface area contributed by atoms with Crippen LogP contribution in [0.4, 0.5) is 5.69 Å².